The minimum atomic E-state index is 0. The van der Waals surface area contributed by atoms with Gasteiger partial charge in [-0.15, -0.1) is 45.9 Å². The maximum Gasteiger partial charge on any atom is 0.170 e. The molecule has 1 fully saturated rings. The highest BCUT2D eigenvalue weighted by Gasteiger charge is 2.28. The van der Waals surface area contributed by atoms with Gasteiger partial charge < -0.3 is 9.64 Å². The molecule has 0 radical (unpaired) electrons. The van der Waals surface area contributed by atoms with Crippen molar-refractivity contribution < 1.29 is 4.74 Å². The van der Waals surface area contributed by atoms with E-state index in [1.165, 1.54) is 0 Å². The minimum absolute atomic E-state index is 0. The molecule has 2 N–H and O–H groups in total. The topological polar surface area (TPSA) is 65.0 Å². The standard InChI is InChI=1S/C16H22N6OS.HI/c1-16(2,3)13-10-24-15(17-13)12-9-21(6-7-23-12)11-4-5-14-18-19-20-22(14)8-11;/h4-5,8,10,12,19-20H,6-7,9H2,1-3H3;1H. The van der Waals surface area contributed by atoms with Crippen LogP contribution >= 0.6 is 35.3 Å². The van der Waals surface area contributed by atoms with Gasteiger partial charge in [0.05, 0.1) is 24.5 Å². The number of allylic oxidation sites excluding steroid dienone is 1. The van der Waals surface area contributed by atoms with Gasteiger partial charge in [-0.3, -0.25) is 0 Å². The largest absolute Gasteiger partial charge is 0.367 e. The lowest BCUT2D eigenvalue weighted by molar-refractivity contribution is -0.0175. The molecule has 1 unspecified atom stereocenters. The quantitative estimate of drug-likeness (QED) is 0.643. The third kappa shape index (κ3) is 3.83. The van der Waals surface area contributed by atoms with Crippen LogP contribution in [0, 0.1) is 0 Å². The number of hydrogen-bond acceptors (Lipinski definition) is 8. The van der Waals surface area contributed by atoms with Crippen LogP contribution in [0.5, 0.6) is 0 Å². The molecule has 9 heteroatoms. The van der Waals surface area contributed by atoms with Crippen molar-refractivity contribution in [2.24, 2.45) is 5.10 Å². The Hall–Kier alpha value is -1.17. The van der Waals surface area contributed by atoms with Gasteiger partial charge in [-0.05, 0) is 12.2 Å². The first kappa shape index (κ1) is 18.6. The van der Waals surface area contributed by atoms with E-state index in [2.05, 4.69) is 53.3 Å². The number of nitrogens with zero attached hydrogens (tertiary/aromatic N) is 4. The van der Waals surface area contributed by atoms with Crippen molar-refractivity contribution in [3.8, 4) is 0 Å². The van der Waals surface area contributed by atoms with Crippen molar-refractivity contribution in [2.45, 2.75) is 32.3 Å². The fourth-order valence-corrected chi connectivity index (χ4v) is 3.88. The molecule has 0 aromatic carbocycles. The van der Waals surface area contributed by atoms with E-state index in [1.54, 1.807) is 11.3 Å². The van der Waals surface area contributed by atoms with Crippen LogP contribution in [0.2, 0.25) is 0 Å². The molecule has 1 atom stereocenters. The molecule has 4 rings (SSSR count). The van der Waals surface area contributed by atoms with E-state index in [0.717, 1.165) is 35.3 Å². The van der Waals surface area contributed by atoms with Crippen molar-refractivity contribution in [2.75, 3.05) is 19.7 Å². The van der Waals surface area contributed by atoms with E-state index in [1.807, 2.05) is 17.3 Å². The number of nitrogens with one attached hydrogen (secondary N) is 2. The van der Waals surface area contributed by atoms with Gasteiger partial charge in [0.2, 0.25) is 0 Å². The average molecular weight is 474 g/mol. The summed E-state index contributed by atoms with van der Waals surface area (Å²) in [4.78, 5) is 7.15. The van der Waals surface area contributed by atoms with Crippen LogP contribution in [0.15, 0.2) is 34.5 Å². The summed E-state index contributed by atoms with van der Waals surface area (Å²) in [6.07, 6.45) is 6.15. The van der Waals surface area contributed by atoms with Crippen LogP contribution in [0.4, 0.5) is 0 Å². The molecule has 0 aliphatic carbocycles. The number of thiazole rings is 1. The first-order valence-corrected chi connectivity index (χ1v) is 8.98. The normalized spacial score (nSPS) is 22.8. The summed E-state index contributed by atoms with van der Waals surface area (Å²) in [5, 5.41) is 9.22. The Morgan fingerprint density at radius 1 is 1.32 bits per heavy atom. The van der Waals surface area contributed by atoms with Gasteiger partial charge in [0.1, 0.15) is 11.1 Å². The molecule has 1 aromatic heterocycles. The number of aromatic nitrogens is 1. The van der Waals surface area contributed by atoms with Crippen LogP contribution in [-0.2, 0) is 10.2 Å². The molecule has 1 aromatic rings. The number of hydrazone groups is 1. The molecule has 1 saturated heterocycles. The fraction of sp³-hybridized carbons (Fsp3) is 0.500. The van der Waals surface area contributed by atoms with Crippen LogP contribution < -0.4 is 11.1 Å². The molecule has 0 amide bonds. The van der Waals surface area contributed by atoms with E-state index in [4.69, 9.17) is 9.72 Å². The summed E-state index contributed by atoms with van der Waals surface area (Å²) < 4.78 is 5.99. The lowest BCUT2D eigenvalue weighted by atomic mass is 9.93. The van der Waals surface area contributed by atoms with E-state index < -0.39 is 0 Å². The number of morpholine rings is 1. The van der Waals surface area contributed by atoms with Gasteiger partial charge in [0, 0.05) is 23.5 Å². The molecule has 4 heterocycles. The second-order valence-corrected chi connectivity index (χ2v) is 7.97. The highest BCUT2D eigenvalue weighted by atomic mass is 127. The summed E-state index contributed by atoms with van der Waals surface area (Å²) in [5.74, 6) is 0.860. The monoisotopic (exact) mass is 474 g/mol. The highest BCUT2D eigenvalue weighted by molar-refractivity contribution is 14.0. The van der Waals surface area contributed by atoms with Crippen molar-refractivity contribution in [3.05, 3.63) is 40.1 Å². The van der Waals surface area contributed by atoms with Crippen LogP contribution in [0.25, 0.3) is 0 Å². The van der Waals surface area contributed by atoms with Crippen molar-refractivity contribution in [1.82, 2.24) is 26.0 Å². The van der Waals surface area contributed by atoms with Crippen molar-refractivity contribution >= 4 is 41.1 Å². The maximum absolute atomic E-state index is 5.99. The van der Waals surface area contributed by atoms with Gasteiger partial charge in [-0.2, -0.15) is 0 Å². The van der Waals surface area contributed by atoms with Gasteiger partial charge >= 0.3 is 0 Å². The Labute approximate surface area is 168 Å². The molecular weight excluding hydrogens is 451 g/mol. The molecule has 3 aliphatic heterocycles. The van der Waals surface area contributed by atoms with Gasteiger partial charge in [0.25, 0.3) is 0 Å². The zero-order valence-electron chi connectivity index (χ0n) is 14.5. The Bertz CT molecular complexity index is 722. The van der Waals surface area contributed by atoms with E-state index in [9.17, 15) is 0 Å². The smallest absolute Gasteiger partial charge is 0.170 e. The second-order valence-electron chi connectivity index (χ2n) is 7.08. The zero-order valence-corrected chi connectivity index (χ0v) is 17.7. The summed E-state index contributed by atoms with van der Waals surface area (Å²) >= 11 is 1.69. The first-order chi connectivity index (χ1) is 11.5. The number of fused-ring (bicyclic) bond motifs is 1. The van der Waals surface area contributed by atoms with Crippen molar-refractivity contribution in [3.63, 3.8) is 0 Å². The third-order valence-corrected chi connectivity index (χ3v) is 5.19. The number of amidine groups is 1. The molecule has 3 aliphatic rings. The number of hydrazine groups is 2. The lowest BCUT2D eigenvalue weighted by Crippen LogP contribution is -2.42. The summed E-state index contributed by atoms with van der Waals surface area (Å²) in [6.45, 7) is 8.95. The van der Waals surface area contributed by atoms with E-state index in [0.29, 0.717) is 6.61 Å². The predicted molar refractivity (Wildman–Crippen MR) is 109 cm³/mol. The summed E-state index contributed by atoms with van der Waals surface area (Å²) in [7, 11) is 0. The highest BCUT2D eigenvalue weighted by Crippen LogP contribution is 2.31. The molecule has 25 heavy (non-hydrogen) atoms. The van der Waals surface area contributed by atoms with Crippen molar-refractivity contribution in [1.29, 1.82) is 0 Å². The molecule has 136 valence electrons. The fourth-order valence-electron chi connectivity index (χ4n) is 2.80. The van der Waals surface area contributed by atoms with Gasteiger partial charge in [-0.1, -0.05) is 20.8 Å². The molecular formula is C16H23IN6OS. The number of ether oxygens (including phenoxy) is 1. The van der Waals surface area contributed by atoms with Gasteiger partial charge in [-0.25, -0.2) is 15.5 Å². The molecule has 0 bridgehead atoms. The Morgan fingerprint density at radius 3 is 2.92 bits per heavy atom. The molecule has 7 nitrogen and oxygen atoms in total. The Balaban J connectivity index is 0.00000182. The Kier molecular flexibility index (Phi) is 5.37. The molecule has 0 saturated carbocycles. The summed E-state index contributed by atoms with van der Waals surface area (Å²) in [5.41, 5.74) is 8.08. The predicted octanol–water partition coefficient (Wildman–Crippen LogP) is 2.48. The number of rotatable bonds is 2. The second kappa shape index (κ2) is 7.22. The average Bonchev–Trinajstić information content (AvgIpc) is 3.23. The number of halogens is 1. The van der Waals surface area contributed by atoms with Crippen LogP contribution in [0.3, 0.4) is 0 Å². The van der Waals surface area contributed by atoms with E-state index in [-0.39, 0.29) is 35.5 Å². The SMILES string of the molecule is CC(C)(C)c1csc(C2CN(C3=CN4NNN=C4C=C3)CCO2)n1.I. The lowest BCUT2D eigenvalue weighted by Gasteiger charge is -2.35. The van der Waals surface area contributed by atoms with Gasteiger partial charge in [0.15, 0.2) is 5.84 Å². The Morgan fingerprint density at radius 2 is 2.16 bits per heavy atom. The third-order valence-electron chi connectivity index (χ3n) is 4.25. The summed E-state index contributed by atoms with van der Waals surface area (Å²) in [6, 6.07) is 0. The number of hydrogen-bond donors (Lipinski definition) is 2. The van der Waals surface area contributed by atoms with Crippen LogP contribution in [0.1, 0.15) is 37.6 Å². The zero-order chi connectivity index (χ0) is 16.7. The minimum Gasteiger partial charge on any atom is -0.367 e. The van der Waals surface area contributed by atoms with Crippen LogP contribution in [-0.4, -0.2) is 40.4 Å². The van der Waals surface area contributed by atoms with E-state index >= 15 is 0 Å². The first-order valence-electron chi connectivity index (χ1n) is 8.11. The molecule has 0 spiro atoms. The maximum atomic E-state index is 5.99.